The fraction of sp³-hybridized carbons (Fsp3) is 0.929. The van der Waals surface area contributed by atoms with Gasteiger partial charge in [0.1, 0.15) is 5.60 Å². The Bertz CT molecular complexity index is 294. The molecule has 1 saturated heterocycles. The number of carbonyl (C=O) groups excluding carboxylic acids is 1. The predicted molar refractivity (Wildman–Crippen MR) is 75.1 cm³/mol. The Balaban J connectivity index is 2.31. The van der Waals surface area contributed by atoms with Gasteiger partial charge >= 0.3 is 6.09 Å². The summed E-state index contributed by atoms with van der Waals surface area (Å²) in [6.07, 6.45) is 0.509. The number of likely N-dealkylation sites (tertiary alicyclic amines) is 1. The number of hydrogen-bond donors (Lipinski definition) is 2. The van der Waals surface area contributed by atoms with Crippen LogP contribution in [0.15, 0.2) is 0 Å². The summed E-state index contributed by atoms with van der Waals surface area (Å²) >= 11 is 0. The molecule has 1 atom stereocenters. The van der Waals surface area contributed by atoms with Crippen LogP contribution in [-0.4, -0.2) is 53.5 Å². The first-order chi connectivity index (χ1) is 8.73. The number of hydrogen-bond acceptors (Lipinski definition) is 4. The molecule has 5 heteroatoms. The molecule has 19 heavy (non-hydrogen) atoms. The second kappa shape index (κ2) is 6.57. The lowest BCUT2D eigenvalue weighted by molar-refractivity contribution is 0.00312. The monoisotopic (exact) mass is 272 g/mol. The van der Waals surface area contributed by atoms with Crippen LogP contribution in [0.25, 0.3) is 0 Å². The molecule has 0 aromatic carbocycles. The van der Waals surface area contributed by atoms with Crippen molar-refractivity contribution in [1.82, 2.24) is 10.2 Å². The molecular formula is C14H28N2O3. The number of aliphatic hydroxyl groups is 1. The van der Waals surface area contributed by atoms with E-state index >= 15 is 0 Å². The number of rotatable bonds is 5. The van der Waals surface area contributed by atoms with Crippen molar-refractivity contribution in [3.63, 3.8) is 0 Å². The van der Waals surface area contributed by atoms with Crippen LogP contribution >= 0.6 is 0 Å². The summed E-state index contributed by atoms with van der Waals surface area (Å²) < 4.78 is 5.31. The Kier molecular flexibility index (Phi) is 5.62. The fourth-order valence-electron chi connectivity index (χ4n) is 2.11. The molecule has 1 amide bonds. The normalized spacial score (nSPS) is 18.4. The number of amides is 1. The molecule has 0 saturated carbocycles. The molecule has 1 aliphatic heterocycles. The maximum Gasteiger partial charge on any atom is 0.410 e. The highest BCUT2D eigenvalue weighted by molar-refractivity contribution is 5.69. The second-order valence-corrected chi connectivity index (χ2v) is 6.61. The lowest BCUT2D eigenvalue weighted by Crippen LogP contribution is -2.63. The zero-order valence-corrected chi connectivity index (χ0v) is 12.8. The molecule has 1 fully saturated rings. The largest absolute Gasteiger partial charge is 0.444 e. The van der Waals surface area contributed by atoms with E-state index in [1.165, 1.54) is 0 Å². The molecule has 1 heterocycles. The molecule has 1 rings (SSSR count). The Morgan fingerprint density at radius 1 is 1.42 bits per heavy atom. The quantitative estimate of drug-likeness (QED) is 0.798. The van der Waals surface area contributed by atoms with Crippen LogP contribution < -0.4 is 5.32 Å². The fourth-order valence-corrected chi connectivity index (χ4v) is 2.11. The molecule has 0 bridgehead atoms. The van der Waals surface area contributed by atoms with Crippen LogP contribution in [-0.2, 0) is 4.74 Å². The molecule has 1 unspecified atom stereocenters. The number of nitrogens with zero attached hydrogens (tertiary/aromatic N) is 1. The van der Waals surface area contributed by atoms with Crippen molar-refractivity contribution in [3.05, 3.63) is 0 Å². The molecule has 0 aliphatic carbocycles. The molecule has 5 nitrogen and oxygen atoms in total. The van der Waals surface area contributed by atoms with Gasteiger partial charge in [-0.05, 0) is 33.1 Å². The Labute approximate surface area is 116 Å². The van der Waals surface area contributed by atoms with E-state index in [0.29, 0.717) is 31.1 Å². The molecule has 0 radical (unpaired) electrons. The van der Waals surface area contributed by atoms with Crippen molar-refractivity contribution in [2.75, 3.05) is 19.7 Å². The number of aliphatic hydroxyl groups excluding tert-OH is 1. The van der Waals surface area contributed by atoms with Crippen LogP contribution in [0.5, 0.6) is 0 Å². The van der Waals surface area contributed by atoms with Crippen molar-refractivity contribution in [1.29, 1.82) is 0 Å². The third kappa shape index (κ3) is 5.37. The molecule has 0 aromatic rings. The minimum absolute atomic E-state index is 0.193. The molecule has 2 N–H and O–H groups in total. The highest BCUT2D eigenvalue weighted by Gasteiger charge is 2.34. The zero-order valence-electron chi connectivity index (χ0n) is 12.8. The van der Waals surface area contributed by atoms with Gasteiger partial charge in [0.15, 0.2) is 0 Å². The van der Waals surface area contributed by atoms with Gasteiger partial charge in [0.25, 0.3) is 0 Å². The minimum atomic E-state index is -0.438. The average Bonchev–Trinajstić information content (AvgIpc) is 2.17. The molecule has 0 spiro atoms. The van der Waals surface area contributed by atoms with E-state index < -0.39 is 5.60 Å². The van der Waals surface area contributed by atoms with Gasteiger partial charge in [-0.25, -0.2) is 4.79 Å². The van der Waals surface area contributed by atoms with Gasteiger partial charge in [-0.1, -0.05) is 13.8 Å². The van der Waals surface area contributed by atoms with Crippen molar-refractivity contribution >= 4 is 6.09 Å². The highest BCUT2D eigenvalue weighted by Crippen LogP contribution is 2.17. The van der Waals surface area contributed by atoms with E-state index in [1.807, 2.05) is 20.8 Å². The van der Waals surface area contributed by atoms with Gasteiger partial charge in [0.05, 0.1) is 0 Å². The lowest BCUT2D eigenvalue weighted by atomic mass is 9.98. The van der Waals surface area contributed by atoms with Gasteiger partial charge in [0.2, 0.25) is 0 Å². The van der Waals surface area contributed by atoms with Crippen LogP contribution in [0.3, 0.4) is 0 Å². The summed E-state index contributed by atoms with van der Waals surface area (Å²) in [5.74, 6) is 0.475. The molecule has 112 valence electrons. The third-order valence-corrected chi connectivity index (χ3v) is 3.23. The van der Waals surface area contributed by atoms with Gasteiger partial charge in [0, 0.05) is 31.8 Å². The minimum Gasteiger partial charge on any atom is -0.444 e. The number of nitrogens with one attached hydrogen (secondary N) is 1. The van der Waals surface area contributed by atoms with E-state index in [-0.39, 0.29) is 12.7 Å². The Morgan fingerprint density at radius 2 is 2.00 bits per heavy atom. The molecule has 0 aromatic heterocycles. The highest BCUT2D eigenvalue weighted by atomic mass is 16.6. The first-order valence-corrected chi connectivity index (χ1v) is 7.07. The second-order valence-electron chi connectivity index (χ2n) is 6.61. The van der Waals surface area contributed by atoms with Gasteiger partial charge in [-0.3, -0.25) is 0 Å². The molecule has 1 aliphatic rings. The van der Waals surface area contributed by atoms with E-state index in [1.54, 1.807) is 4.90 Å². The lowest BCUT2D eigenvalue weighted by Gasteiger charge is -2.42. The third-order valence-electron chi connectivity index (χ3n) is 3.23. The Morgan fingerprint density at radius 3 is 2.42 bits per heavy atom. The van der Waals surface area contributed by atoms with E-state index in [4.69, 9.17) is 9.84 Å². The molecular weight excluding hydrogens is 244 g/mol. The van der Waals surface area contributed by atoms with Gasteiger partial charge in [-0.2, -0.15) is 0 Å². The standard InChI is InChI=1S/C14H28N2O3/c1-10(2)12(6-7-17)15-11-8-16(9-11)13(18)19-14(3,4)5/h10-12,15,17H,6-9H2,1-5H3. The summed E-state index contributed by atoms with van der Waals surface area (Å²) in [6, 6.07) is 0.613. The average molecular weight is 272 g/mol. The topological polar surface area (TPSA) is 61.8 Å². The van der Waals surface area contributed by atoms with E-state index in [0.717, 1.165) is 6.42 Å². The van der Waals surface area contributed by atoms with E-state index in [9.17, 15) is 4.79 Å². The first kappa shape index (κ1) is 16.2. The Hall–Kier alpha value is -0.810. The smallest absolute Gasteiger partial charge is 0.410 e. The van der Waals surface area contributed by atoms with Crippen molar-refractivity contribution in [2.24, 2.45) is 5.92 Å². The van der Waals surface area contributed by atoms with Gasteiger partial charge < -0.3 is 20.1 Å². The zero-order chi connectivity index (χ0) is 14.6. The van der Waals surface area contributed by atoms with Crippen LogP contribution in [0.4, 0.5) is 4.79 Å². The van der Waals surface area contributed by atoms with Crippen LogP contribution in [0, 0.1) is 5.92 Å². The summed E-state index contributed by atoms with van der Waals surface area (Å²) in [7, 11) is 0. The van der Waals surface area contributed by atoms with Crippen LogP contribution in [0.1, 0.15) is 41.0 Å². The maximum atomic E-state index is 11.8. The number of ether oxygens (including phenoxy) is 1. The van der Waals surface area contributed by atoms with Gasteiger partial charge in [-0.15, -0.1) is 0 Å². The van der Waals surface area contributed by atoms with Crippen molar-refractivity contribution < 1.29 is 14.6 Å². The van der Waals surface area contributed by atoms with Crippen molar-refractivity contribution in [2.45, 2.75) is 58.7 Å². The van der Waals surface area contributed by atoms with Crippen LogP contribution in [0.2, 0.25) is 0 Å². The first-order valence-electron chi connectivity index (χ1n) is 7.07. The van der Waals surface area contributed by atoms with E-state index in [2.05, 4.69) is 19.2 Å². The summed E-state index contributed by atoms with van der Waals surface area (Å²) in [4.78, 5) is 13.5. The van der Waals surface area contributed by atoms with Crippen molar-refractivity contribution in [3.8, 4) is 0 Å². The number of carbonyl (C=O) groups is 1. The summed E-state index contributed by atoms with van der Waals surface area (Å²) in [5, 5.41) is 12.5. The maximum absolute atomic E-state index is 11.8. The summed E-state index contributed by atoms with van der Waals surface area (Å²) in [5.41, 5.74) is -0.438. The SMILES string of the molecule is CC(C)C(CCO)NC1CN(C(=O)OC(C)(C)C)C1. The predicted octanol–water partition coefficient (Wildman–Crippen LogP) is 1.60. The summed E-state index contributed by atoms with van der Waals surface area (Å²) in [6.45, 7) is 11.4.